The molecule has 140 valence electrons. The normalized spacial score (nSPS) is 30.6. The van der Waals surface area contributed by atoms with Crippen LogP contribution in [0.2, 0.25) is 0 Å². The van der Waals surface area contributed by atoms with Gasteiger partial charge in [-0.05, 0) is 62.7 Å². The molecule has 2 aliphatic carbocycles. The minimum atomic E-state index is -1.60. The van der Waals surface area contributed by atoms with Gasteiger partial charge in [0.15, 0.2) is 5.67 Å². The molecule has 4 aliphatic rings. The van der Waals surface area contributed by atoms with Crippen LogP contribution in [0.3, 0.4) is 0 Å². The Kier molecular flexibility index (Phi) is 4.50. The maximum atomic E-state index is 14.4. The number of likely N-dealkylation sites (tertiary alicyclic amines) is 1. The predicted molar refractivity (Wildman–Crippen MR) is 90.6 cm³/mol. The summed E-state index contributed by atoms with van der Waals surface area (Å²) in [6.45, 7) is 2.45. The summed E-state index contributed by atoms with van der Waals surface area (Å²) in [6, 6.07) is 0.0211. The zero-order valence-electron chi connectivity index (χ0n) is 14.9. The number of carbonyl (C=O) groups excluding carboxylic acids is 2. The maximum Gasteiger partial charge on any atom is 0.260 e. The minimum Gasteiger partial charge on any atom is -0.379 e. The Morgan fingerprint density at radius 2 is 1.84 bits per heavy atom. The van der Waals surface area contributed by atoms with Crippen molar-refractivity contribution in [3.8, 4) is 0 Å². The largest absolute Gasteiger partial charge is 0.379 e. The van der Waals surface area contributed by atoms with Crippen molar-refractivity contribution in [2.24, 2.45) is 11.3 Å². The number of hydrogen-bond donors (Lipinski definition) is 1. The Balaban J connectivity index is 1.36. The Bertz CT molecular complexity index is 537. The number of carbonyl (C=O) groups is 2. The van der Waals surface area contributed by atoms with Crippen LogP contribution in [0.15, 0.2) is 0 Å². The molecule has 2 saturated carbocycles. The van der Waals surface area contributed by atoms with Crippen LogP contribution >= 0.6 is 0 Å². The van der Waals surface area contributed by atoms with Gasteiger partial charge in [0.1, 0.15) is 0 Å². The maximum absolute atomic E-state index is 14.4. The molecular formula is C19H29FN2O3. The molecular weight excluding hydrogens is 323 g/mol. The molecule has 1 spiro atoms. The van der Waals surface area contributed by atoms with Crippen molar-refractivity contribution in [1.29, 1.82) is 0 Å². The Morgan fingerprint density at radius 3 is 2.44 bits per heavy atom. The van der Waals surface area contributed by atoms with Crippen LogP contribution in [-0.4, -0.2) is 54.7 Å². The highest BCUT2D eigenvalue weighted by atomic mass is 19.1. The van der Waals surface area contributed by atoms with Gasteiger partial charge in [0.2, 0.25) is 5.91 Å². The van der Waals surface area contributed by atoms with E-state index in [-0.39, 0.29) is 23.3 Å². The van der Waals surface area contributed by atoms with E-state index in [4.69, 9.17) is 4.74 Å². The molecule has 0 radical (unpaired) electrons. The van der Waals surface area contributed by atoms with Crippen LogP contribution in [-0.2, 0) is 14.3 Å². The van der Waals surface area contributed by atoms with Crippen molar-refractivity contribution in [2.45, 2.75) is 69.5 Å². The molecule has 0 aromatic carbocycles. The smallest absolute Gasteiger partial charge is 0.260 e. The highest BCUT2D eigenvalue weighted by molar-refractivity contribution is 5.86. The third-order valence-corrected chi connectivity index (χ3v) is 6.85. The topological polar surface area (TPSA) is 58.6 Å². The lowest BCUT2D eigenvalue weighted by atomic mass is 9.68. The Hall–Kier alpha value is -1.17. The number of hydrogen-bond acceptors (Lipinski definition) is 3. The van der Waals surface area contributed by atoms with Gasteiger partial charge in [-0.3, -0.25) is 9.59 Å². The summed E-state index contributed by atoms with van der Waals surface area (Å²) in [5.41, 5.74) is -1.60. The van der Waals surface area contributed by atoms with E-state index in [1.807, 2.05) is 0 Å². The fraction of sp³-hybridized carbons (Fsp3) is 0.895. The molecule has 4 fully saturated rings. The van der Waals surface area contributed by atoms with Crippen molar-refractivity contribution >= 4 is 11.8 Å². The van der Waals surface area contributed by atoms with Gasteiger partial charge in [-0.15, -0.1) is 0 Å². The molecule has 0 aromatic heterocycles. The first kappa shape index (κ1) is 17.3. The monoisotopic (exact) mass is 352 g/mol. The van der Waals surface area contributed by atoms with Gasteiger partial charge in [0.05, 0.1) is 12.6 Å². The number of piperidine rings is 1. The number of nitrogens with one attached hydrogen (secondary N) is 1. The molecule has 0 aromatic rings. The van der Waals surface area contributed by atoms with Gasteiger partial charge in [-0.1, -0.05) is 0 Å². The Morgan fingerprint density at radius 1 is 1.12 bits per heavy atom. The van der Waals surface area contributed by atoms with Crippen LogP contribution < -0.4 is 5.32 Å². The molecule has 0 unspecified atom stereocenters. The summed E-state index contributed by atoms with van der Waals surface area (Å²) < 4.78 is 20.1. The fourth-order valence-electron chi connectivity index (χ4n) is 4.60. The summed E-state index contributed by atoms with van der Waals surface area (Å²) in [5, 5.41) is 3.21. The van der Waals surface area contributed by atoms with E-state index in [0.29, 0.717) is 51.5 Å². The third kappa shape index (κ3) is 3.42. The van der Waals surface area contributed by atoms with Crippen molar-refractivity contribution < 1.29 is 18.7 Å². The first-order valence-corrected chi connectivity index (χ1v) is 9.86. The number of ether oxygens (including phenoxy) is 1. The van der Waals surface area contributed by atoms with Crippen LogP contribution in [0.1, 0.15) is 57.8 Å². The second-order valence-corrected chi connectivity index (χ2v) is 8.57. The molecule has 2 saturated heterocycles. The van der Waals surface area contributed by atoms with Gasteiger partial charge in [0.25, 0.3) is 5.91 Å². The van der Waals surface area contributed by atoms with E-state index in [2.05, 4.69) is 5.32 Å². The second-order valence-electron chi connectivity index (χ2n) is 8.57. The van der Waals surface area contributed by atoms with Crippen molar-refractivity contribution in [3.05, 3.63) is 0 Å². The first-order chi connectivity index (χ1) is 12.0. The van der Waals surface area contributed by atoms with Crippen LogP contribution in [0.4, 0.5) is 4.39 Å². The average molecular weight is 352 g/mol. The highest BCUT2D eigenvalue weighted by Crippen LogP contribution is 2.43. The van der Waals surface area contributed by atoms with Gasteiger partial charge in [-0.2, -0.15) is 0 Å². The van der Waals surface area contributed by atoms with Crippen molar-refractivity contribution in [1.82, 2.24) is 10.2 Å². The predicted octanol–water partition coefficient (Wildman–Crippen LogP) is 2.19. The minimum absolute atomic E-state index is 0.00265. The zero-order chi connectivity index (χ0) is 17.5. The number of nitrogens with zero attached hydrogens (tertiary/aromatic N) is 1. The zero-order valence-corrected chi connectivity index (χ0v) is 14.9. The van der Waals surface area contributed by atoms with E-state index in [9.17, 15) is 14.0 Å². The molecule has 2 aliphatic heterocycles. The summed E-state index contributed by atoms with van der Waals surface area (Å²) in [4.78, 5) is 26.4. The third-order valence-electron chi connectivity index (χ3n) is 6.85. The van der Waals surface area contributed by atoms with Crippen LogP contribution in [0.25, 0.3) is 0 Å². The molecule has 5 nitrogen and oxygen atoms in total. The van der Waals surface area contributed by atoms with Crippen molar-refractivity contribution in [3.63, 3.8) is 0 Å². The standard InChI is InChI=1S/C19H29FN2O3/c20-19(4-1-5-19)17(24)22-9-6-18(7-10-22)8-11-25-13-15(18)21-16(23)12-14-2-3-14/h14-15H,1-13H2,(H,21,23)/t15-/m0/s1. The number of alkyl halides is 1. The molecule has 4 rings (SSSR count). The van der Waals surface area contributed by atoms with E-state index in [1.54, 1.807) is 4.90 Å². The first-order valence-electron chi connectivity index (χ1n) is 9.86. The summed E-state index contributed by atoms with van der Waals surface area (Å²) in [7, 11) is 0. The molecule has 6 heteroatoms. The molecule has 1 N–H and O–H groups in total. The SMILES string of the molecule is O=C(CC1CC1)N[C@H]1COCCC12CCN(C(=O)C1(F)CCC1)CC2. The van der Waals surface area contributed by atoms with Gasteiger partial charge in [0, 0.05) is 26.1 Å². The summed E-state index contributed by atoms with van der Waals surface area (Å²) in [6.07, 6.45) is 7.09. The van der Waals surface area contributed by atoms with Crippen molar-refractivity contribution in [2.75, 3.05) is 26.3 Å². The van der Waals surface area contributed by atoms with Gasteiger partial charge in [-0.25, -0.2) is 4.39 Å². The lowest BCUT2D eigenvalue weighted by Gasteiger charge is -2.50. The number of amides is 2. The van der Waals surface area contributed by atoms with Gasteiger partial charge >= 0.3 is 0 Å². The van der Waals surface area contributed by atoms with E-state index >= 15 is 0 Å². The fourth-order valence-corrected chi connectivity index (χ4v) is 4.60. The second kappa shape index (κ2) is 6.53. The van der Waals surface area contributed by atoms with E-state index in [1.165, 1.54) is 12.8 Å². The average Bonchev–Trinajstić information content (AvgIpc) is 3.39. The highest BCUT2D eigenvalue weighted by Gasteiger charge is 2.50. The van der Waals surface area contributed by atoms with Gasteiger partial charge < -0.3 is 15.0 Å². The van der Waals surface area contributed by atoms with E-state index < -0.39 is 5.67 Å². The lowest BCUT2D eigenvalue weighted by molar-refractivity contribution is -0.154. The molecule has 2 heterocycles. The molecule has 1 atom stereocenters. The number of rotatable bonds is 4. The van der Waals surface area contributed by atoms with E-state index in [0.717, 1.165) is 25.7 Å². The summed E-state index contributed by atoms with van der Waals surface area (Å²) in [5.74, 6) is 0.395. The Labute approximate surface area is 148 Å². The molecule has 0 bridgehead atoms. The molecule has 2 amide bonds. The quantitative estimate of drug-likeness (QED) is 0.844. The van der Waals surface area contributed by atoms with Crippen LogP contribution in [0, 0.1) is 11.3 Å². The summed E-state index contributed by atoms with van der Waals surface area (Å²) >= 11 is 0. The number of halogens is 1. The molecule has 25 heavy (non-hydrogen) atoms. The van der Waals surface area contributed by atoms with Crippen LogP contribution in [0.5, 0.6) is 0 Å². The lowest BCUT2D eigenvalue weighted by Crippen LogP contribution is -2.60.